The van der Waals surface area contributed by atoms with Crippen LogP contribution in [-0.4, -0.2) is 30.5 Å². The van der Waals surface area contributed by atoms with E-state index in [1.807, 2.05) is 25.1 Å². The van der Waals surface area contributed by atoms with Gasteiger partial charge in [0.05, 0.1) is 19.3 Å². The van der Waals surface area contributed by atoms with Crippen molar-refractivity contribution in [2.45, 2.75) is 52.8 Å². The number of rotatable bonds is 9. The summed E-state index contributed by atoms with van der Waals surface area (Å²) >= 11 is 0. The quantitative estimate of drug-likeness (QED) is 0.731. The molecule has 20 heavy (non-hydrogen) atoms. The number of hydrogen-bond donors (Lipinski definition) is 2. The number of para-hydroxylation sites is 1. The molecular weight excluding hydrogens is 254 g/mol. The first-order valence-corrected chi connectivity index (χ1v) is 7.33. The number of benzene rings is 1. The van der Waals surface area contributed by atoms with Crippen molar-refractivity contribution in [2.75, 3.05) is 13.2 Å². The fraction of sp³-hybridized carbons (Fsp3) is 0.625. The highest BCUT2D eigenvalue weighted by Crippen LogP contribution is 2.31. The van der Waals surface area contributed by atoms with Gasteiger partial charge in [-0.15, -0.1) is 0 Å². The first-order chi connectivity index (χ1) is 9.54. The number of hydrogen-bond acceptors (Lipinski definition) is 4. The summed E-state index contributed by atoms with van der Waals surface area (Å²) in [5.74, 6) is 1.55. The van der Waals surface area contributed by atoms with Crippen LogP contribution < -0.4 is 14.8 Å². The smallest absolute Gasteiger partial charge is 0.165 e. The molecule has 0 bridgehead atoms. The highest BCUT2D eigenvalue weighted by atomic mass is 16.5. The second kappa shape index (κ2) is 8.82. The Morgan fingerprint density at radius 2 is 1.95 bits per heavy atom. The highest BCUT2D eigenvalue weighted by molar-refractivity contribution is 5.46. The fourth-order valence-electron chi connectivity index (χ4n) is 1.78. The monoisotopic (exact) mass is 281 g/mol. The Morgan fingerprint density at radius 1 is 1.20 bits per heavy atom. The highest BCUT2D eigenvalue weighted by Gasteiger charge is 2.11. The minimum atomic E-state index is -0.355. The lowest BCUT2D eigenvalue weighted by molar-refractivity contribution is 0.153. The van der Waals surface area contributed by atoms with E-state index in [-0.39, 0.29) is 6.10 Å². The Bertz CT molecular complexity index is 391. The van der Waals surface area contributed by atoms with Crippen molar-refractivity contribution in [1.82, 2.24) is 5.32 Å². The molecule has 4 nitrogen and oxygen atoms in total. The lowest BCUT2D eigenvalue weighted by Gasteiger charge is -2.17. The second-order valence-electron chi connectivity index (χ2n) is 5.20. The summed E-state index contributed by atoms with van der Waals surface area (Å²) in [7, 11) is 0. The molecule has 1 aromatic rings. The third kappa shape index (κ3) is 5.80. The molecular formula is C16H27NO3. The molecule has 1 atom stereocenters. The number of ether oxygens (including phenoxy) is 2. The normalized spacial score (nSPS) is 12.5. The van der Waals surface area contributed by atoms with Gasteiger partial charge in [-0.2, -0.15) is 0 Å². The summed E-state index contributed by atoms with van der Waals surface area (Å²) in [6.07, 6.45) is 0.254. The molecule has 2 N–H and O–H groups in total. The zero-order valence-corrected chi connectivity index (χ0v) is 13.0. The van der Waals surface area contributed by atoms with Gasteiger partial charge in [0.15, 0.2) is 11.5 Å². The van der Waals surface area contributed by atoms with Crippen LogP contribution in [0.2, 0.25) is 0 Å². The Kier molecular flexibility index (Phi) is 7.41. The Labute approximate surface area is 122 Å². The summed E-state index contributed by atoms with van der Waals surface area (Å²) < 4.78 is 11.5. The van der Waals surface area contributed by atoms with Crippen LogP contribution in [0.3, 0.4) is 0 Å². The summed E-state index contributed by atoms with van der Waals surface area (Å²) in [5, 5.41) is 12.7. The molecule has 0 aliphatic carbocycles. The maximum Gasteiger partial charge on any atom is 0.165 e. The van der Waals surface area contributed by atoms with Crippen molar-refractivity contribution in [3.05, 3.63) is 23.8 Å². The predicted molar refractivity (Wildman–Crippen MR) is 81.4 cm³/mol. The first-order valence-electron chi connectivity index (χ1n) is 7.33. The molecule has 4 heteroatoms. The van der Waals surface area contributed by atoms with Crippen LogP contribution in [-0.2, 0) is 6.54 Å². The van der Waals surface area contributed by atoms with Gasteiger partial charge < -0.3 is 19.9 Å². The van der Waals surface area contributed by atoms with Crippen molar-refractivity contribution in [2.24, 2.45) is 0 Å². The van der Waals surface area contributed by atoms with Crippen molar-refractivity contribution in [3.63, 3.8) is 0 Å². The molecule has 114 valence electrons. The van der Waals surface area contributed by atoms with E-state index in [0.29, 0.717) is 25.7 Å². The molecule has 0 heterocycles. The molecule has 0 saturated heterocycles. The predicted octanol–water partition coefficient (Wildman–Crippen LogP) is 2.73. The maximum absolute atomic E-state index is 9.32. The third-order valence-electron chi connectivity index (χ3n) is 2.84. The van der Waals surface area contributed by atoms with Crippen molar-refractivity contribution >= 4 is 0 Å². The van der Waals surface area contributed by atoms with Gasteiger partial charge in [-0.25, -0.2) is 0 Å². The maximum atomic E-state index is 9.32. The largest absolute Gasteiger partial charge is 0.490 e. The molecule has 0 amide bonds. The molecule has 0 radical (unpaired) electrons. The Morgan fingerprint density at radius 3 is 2.55 bits per heavy atom. The van der Waals surface area contributed by atoms with Crippen LogP contribution in [0.15, 0.2) is 18.2 Å². The standard InChI is InChI=1S/C16H27NO3/c1-5-19-15-8-6-7-14(11-17-12(2)3)16(15)20-10-9-13(4)18/h6-8,12-13,17-18H,5,9-11H2,1-4H3. The molecule has 0 fully saturated rings. The van der Waals surface area contributed by atoms with E-state index in [9.17, 15) is 5.11 Å². The molecule has 0 aliphatic heterocycles. The Balaban J connectivity index is 2.81. The molecule has 0 spiro atoms. The van der Waals surface area contributed by atoms with E-state index < -0.39 is 0 Å². The molecule has 1 aromatic carbocycles. The first kappa shape index (κ1) is 16.8. The van der Waals surface area contributed by atoms with Crippen LogP contribution >= 0.6 is 0 Å². The second-order valence-corrected chi connectivity index (χ2v) is 5.20. The van der Waals surface area contributed by atoms with Gasteiger partial charge in [0, 0.05) is 24.6 Å². The SMILES string of the molecule is CCOc1cccc(CNC(C)C)c1OCCC(C)O. The third-order valence-corrected chi connectivity index (χ3v) is 2.84. The van der Waals surface area contributed by atoms with Gasteiger partial charge in [-0.3, -0.25) is 0 Å². The van der Waals surface area contributed by atoms with Crippen LogP contribution in [0, 0.1) is 0 Å². The zero-order chi connectivity index (χ0) is 15.0. The topological polar surface area (TPSA) is 50.7 Å². The van der Waals surface area contributed by atoms with Crippen LogP contribution in [0.5, 0.6) is 11.5 Å². The van der Waals surface area contributed by atoms with E-state index in [2.05, 4.69) is 19.2 Å². The van der Waals surface area contributed by atoms with Gasteiger partial charge in [0.2, 0.25) is 0 Å². The summed E-state index contributed by atoms with van der Waals surface area (Å²) in [6, 6.07) is 6.34. The molecule has 1 rings (SSSR count). The van der Waals surface area contributed by atoms with Gasteiger partial charge in [0.1, 0.15) is 0 Å². The van der Waals surface area contributed by atoms with Crippen LogP contribution in [0.25, 0.3) is 0 Å². The van der Waals surface area contributed by atoms with Crippen LogP contribution in [0.1, 0.15) is 39.7 Å². The van der Waals surface area contributed by atoms with Gasteiger partial charge >= 0.3 is 0 Å². The van der Waals surface area contributed by atoms with E-state index >= 15 is 0 Å². The van der Waals surface area contributed by atoms with Gasteiger partial charge in [-0.1, -0.05) is 26.0 Å². The lowest BCUT2D eigenvalue weighted by atomic mass is 10.1. The van der Waals surface area contributed by atoms with Gasteiger partial charge in [0.25, 0.3) is 0 Å². The van der Waals surface area contributed by atoms with Crippen molar-refractivity contribution in [3.8, 4) is 11.5 Å². The number of nitrogens with one attached hydrogen (secondary N) is 1. The van der Waals surface area contributed by atoms with E-state index in [1.165, 1.54) is 0 Å². The molecule has 0 aliphatic rings. The van der Waals surface area contributed by atoms with Crippen molar-refractivity contribution < 1.29 is 14.6 Å². The van der Waals surface area contributed by atoms with Crippen molar-refractivity contribution in [1.29, 1.82) is 0 Å². The molecule has 1 unspecified atom stereocenters. The van der Waals surface area contributed by atoms with E-state index in [1.54, 1.807) is 6.92 Å². The van der Waals surface area contributed by atoms with E-state index in [4.69, 9.17) is 9.47 Å². The molecule has 0 saturated carbocycles. The minimum absolute atomic E-state index is 0.355. The Hall–Kier alpha value is -1.26. The summed E-state index contributed by atoms with van der Waals surface area (Å²) in [6.45, 7) is 9.77. The van der Waals surface area contributed by atoms with E-state index in [0.717, 1.165) is 23.6 Å². The number of aliphatic hydroxyl groups is 1. The zero-order valence-electron chi connectivity index (χ0n) is 13.0. The average molecular weight is 281 g/mol. The summed E-state index contributed by atoms with van der Waals surface area (Å²) in [4.78, 5) is 0. The minimum Gasteiger partial charge on any atom is -0.490 e. The number of aliphatic hydroxyl groups excluding tert-OH is 1. The fourth-order valence-corrected chi connectivity index (χ4v) is 1.78. The lowest BCUT2D eigenvalue weighted by Crippen LogP contribution is -2.22. The average Bonchev–Trinajstić information content (AvgIpc) is 2.38. The molecule has 0 aromatic heterocycles. The van der Waals surface area contributed by atoms with Gasteiger partial charge in [-0.05, 0) is 19.9 Å². The van der Waals surface area contributed by atoms with Crippen LogP contribution in [0.4, 0.5) is 0 Å². The summed E-state index contributed by atoms with van der Waals surface area (Å²) in [5.41, 5.74) is 1.08.